The predicted molar refractivity (Wildman–Crippen MR) is 113 cm³/mol. The van der Waals surface area contributed by atoms with Crippen LogP contribution in [0.5, 0.6) is 0 Å². The van der Waals surface area contributed by atoms with Crippen LogP contribution >= 0.6 is 0 Å². The van der Waals surface area contributed by atoms with E-state index in [0.29, 0.717) is 11.5 Å². The largest absolute Gasteiger partial charge is 0.370 e. The number of nitriles is 1. The SMILES string of the molecule is CC[C@H](C)CCC[C@H]1Cc2ccc(C#N)cc2[C@H]1C(=O)N(CC(C)(C)F)C(=N)N. The Balaban J connectivity index is 2.34. The van der Waals surface area contributed by atoms with Crippen molar-refractivity contribution in [2.24, 2.45) is 17.6 Å². The summed E-state index contributed by atoms with van der Waals surface area (Å²) in [6.07, 6.45) is 4.87. The minimum atomic E-state index is -1.66. The van der Waals surface area contributed by atoms with Gasteiger partial charge in [-0.15, -0.1) is 0 Å². The highest BCUT2D eigenvalue weighted by atomic mass is 19.1. The van der Waals surface area contributed by atoms with Crippen molar-refractivity contribution in [2.45, 2.75) is 71.4 Å². The van der Waals surface area contributed by atoms with E-state index in [1.165, 1.54) is 13.8 Å². The van der Waals surface area contributed by atoms with Crippen LogP contribution in [0.15, 0.2) is 18.2 Å². The van der Waals surface area contributed by atoms with Crippen LogP contribution in [-0.4, -0.2) is 29.0 Å². The van der Waals surface area contributed by atoms with Gasteiger partial charge in [0, 0.05) is 0 Å². The van der Waals surface area contributed by atoms with Crippen LogP contribution in [0.1, 0.15) is 76.0 Å². The number of nitrogens with zero attached hydrogens (tertiary/aromatic N) is 2. The van der Waals surface area contributed by atoms with E-state index in [0.717, 1.165) is 48.1 Å². The smallest absolute Gasteiger partial charge is 0.237 e. The lowest BCUT2D eigenvalue weighted by Crippen LogP contribution is -2.49. The summed E-state index contributed by atoms with van der Waals surface area (Å²) in [7, 11) is 0. The monoisotopic (exact) mass is 400 g/mol. The second kappa shape index (κ2) is 9.39. The maximum absolute atomic E-state index is 14.3. The zero-order valence-electron chi connectivity index (χ0n) is 18.0. The van der Waals surface area contributed by atoms with Gasteiger partial charge in [-0.2, -0.15) is 5.26 Å². The number of guanidine groups is 1. The van der Waals surface area contributed by atoms with Crippen molar-refractivity contribution in [3.63, 3.8) is 0 Å². The van der Waals surface area contributed by atoms with Crippen LogP contribution < -0.4 is 5.73 Å². The molecule has 0 radical (unpaired) electrons. The molecule has 1 aliphatic carbocycles. The zero-order chi connectivity index (χ0) is 21.8. The van der Waals surface area contributed by atoms with Crippen molar-refractivity contribution < 1.29 is 9.18 Å². The topological polar surface area (TPSA) is 94.0 Å². The van der Waals surface area contributed by atoms with E-state index in [4.69, 9.17) is 11.1 Å². The number of fused-ring (bicyclic) bond motifs is 1. The third-order valence-electron chi connectivity index (χ3n) is 5.89. The Kier molecular flexibility index (Phi) is 7.40. The Morgan fingerprint density at radius 1 is 1.48 bits per heavy atom. The third kappa shape index (κ3) is 5.79. The summed E-state index contributed by atoms with van der Waals surface area (Å²) >= 11 is 0. The van der Waals surface area contributed by atoms with E-state index in [1.807, 2.05) is 6.07 Å². The molecule has 3 atom stereocenters. The van der Waals surface area contributed by atoms with E-state index in [9.17, 15) is 14.4 Å². The molecule has 0 spiro atoms. The molecule has 29 heavy (non-hydrogen) atoms. The van der Waals surface area contributed by atoms with Gasteiger partial charge in [0.05, 0.1) is 24.1 Å². The molecule has 158 valence electrons. The lowest BCUT2D eigenvalue weighted by atomic mass is 9.85. The maximum atomic E-state index is 14.3. The summed E-state index contributed by atoms with van der Waals surface area (Å²) in [5.74, 6) is -0.574. The summed E-state index contributed by atoms with van der Waals surface area (Å²) in [6, 6.07) is 7.59. The van der Waals surface area contributed by atoms with Gasteiger partial charge in [0.1, 0.15) is 5.67 Å². The summed E-state index contributed by atoms with van der Waals surface area (Å²) < 4.78 is 14.3. The number of nitrogens with one attached hydrogen (secondary N) is 1. The van der Waals surface area contributed by atoms with Gasteiger partial charge in [-0.1, -0.05) is 39.2 Å². The number of carbonyl (C=O) groups is 1. The lowest BCUT2D eigenvalue weighted by molar-refractivity contribution is -0.131. The van der Waals surface area contributed by atoms with Gasteiger partial charge < -0.3 is 5.73 Å². The summed E-state index contributed by atoms with van der Waals surface area (Å²) in [5, 5.41) is 17.1. The molecule has 6 heteroatoms. The lowest BCUT2D eigenvalue weighted by Gasteiger charge is -2.31. The number of hydrogen-bond donors (Lipinski definition) is 2. The van der Waals surface area contributed by atoms with Gasteiger partial charge in [-0.25, -0.2) is 4.39 Å². The van der Waals surface area contributed by atoms with Crippen LogP contribution in [0, 0.1) is 28.6 Å². The van der Waals surface area contributed by atoms with E-state index < -0.39 is 17.5 Å². The molecule has 0 unspecified atom stereocenters. The molecule has 0 fully saturated rings. The molecule has 1 aliphatic rings. The molecule has 0 saturated heterocycles. The fraction of sp³-hybridized carbons (Fsp3) is 0.609. The Hall–Kier alpha value is -2.42. The van der Waals surface area contributed by atoms with Crippen molar-refractivity contribution in [3.8, 4) is 6.07 Å². The molecule has 0 saturated carbocycles. The number of alkyl halides is 1. The average molecular weight is 401 g/mol. The van der Waals surface area contributed by atoms with Crippen molar-refractivity contribution >= 4 is 11.9 Å². The van der Waals surface area contributed by atoms with Gasteiger partial charge in [-0.05, 0) is 61.8 Å². The third-order valence-corrected chi connectivity index (χ3v) is 5.89. The summed E-state index contributed by atoms with van der Waals surface area (Å²) in [5.41, 5.74) is 6.38. The fourth-order valence-corrected chi connectivity index (χ4v) is 4.16. The number of rotatable bonds is 8. The summed E-state index contributed by atoms with van der Waals surface area (Å²) in [6.45, 7) is 6.89. The minimum Gasteiger partial charge on any atom is -0.370 e. The molecule has 1 aromatic carbocycles. The zero-order valence-corrected chi connectivity index (χ0v) is 18.0. The Bertz CT molecular complexity index is 793. The molecule has 0 heterocycles. The molecule has 1 aromatic rings. The standard InChI is InChI=1S/C23H33FN4O/c1-5-15(2)7-6-8-18-12-17-10-9-16(13-25)11-19(17)20(18)21(29)28(22(26)27)14-23(3,4)24/h9-11,15,18,20H,5-8,12,14H2,1-4H3,(H3,26,27)/t15-,18-,20-/m0/s1. The number of hydrogen-bond acceptors (Lipinski definition) is 3. The highest BCUT2D eigenvalue weighted by Crippen LogP contribution is 2.42. The quantitative estimate of drug-likeness (QED) is 0.497. The molecule has 2 rings (SSSR count). The molecule has 0 bridgehead atoms. The molecule has 0 aliphatic heterocycles. The van der Waals surface area contributed by atoms with Crippen molar-refractivity contribution in [1.29, 1.82) is 10.7 Å². The molecular formula is C23H33FN4O. The molecule has 3 N–H and O–H groups in total. The molecule has 1 amide bonds. The first-order valence-electron chi connectivity index (χ1n) is 10.4. The van der Waals surface area contributed by atoms with Gasteiger partial charge in [0.25, 0.3) is 0 Å². The highest BCUT2D eigenvalue weighted by molar-refractivity contribution is 5.99. The highest BCUT2D eigenvalue weighted by Gasteiger charge is 2.41. The van der Waals surface area contributed by atoms with Crippen LogP contribution in [0.3, 0.4) is 0 Å². The van der Waals surface area contributed by atoms with Gasteiger partial charge in [0.2, 0.25) is 5.91 Å². The second-order valence-corrected chi connectivity index (χ2v) is 8.94. The van der Waals surface area contributed by atoms with E-state index in [2.05, 4.69) is 19.9 Å². The molecule has 5 nitrogen and oxygen atoms in total. The van der Waals surface area contributed by atoms with Crippen LogP contribution in [0.4, 0.5) is 4.39 Å². The second-order valence-electron chi connectivity index (χ2n) is 8.94. The number of amides is 1. The normalized spacial score (nSPS) is 19.3. The maximum Gasteiger partial charge on any atom is 0.237 e. The van der Waals surface area contributed by atoms with Crippen molar-refractivity contribution in [1.82, 2.24) is 4.90 Å². The van der Waals surface area contributed by atoms with Crippen LogP contribution in [-0.2, 0) is 11.2 Å². The number of nitrogens with two attached hydrogens (primary N) is 1. The Labute approximate surface area is 173 Å². The predicted octanol–water partition coefficient (Wildman–Crippen LogP) is 4.50. The van der Waals surface area contributed by atoms with Gasteiger partial charge >= 0.3 is 0 Å². The fourth-order valence-electron chi connectivity index (χ4n) is 4.16. The van der Waals surface area contributed by atoms with Crippen molar-refractivity contribution in [2.75, 3.05) is 6.54 Å². The van der Waals surface area contributed by atoms with Gasteiger partial charge in [-0.3, -0.25) is 15.1 Å². The van der Waals surface area contributed by atoms with E-state index >= 15 is 0 Å². The Morgan fingerprint density at radius 3 is 2.72 bits per heavy atom. The molecule has 0 aromatic heterocycles. The number of carbonyl (C=O) groups excluding carboxylic acids is 1. The van der Waals surface area contributed by atoms with Crippen LogP contribution in [0.25, 0.3) is 0 Å². The first-order valence-corrected chi connectivity index (χ1v) is 10.4. The van der Waals surface area contributed by atoms with Crippen LogP contribution in [0.2, 0.25) is 0 Å². The molecular weight excluding hydrogens is 367 g/mol. The van der Waals surface area contributed by atoms with E-state index in [1.54, 1.807) is 12.1 Å². The van der Waals surface area contributed by atoms with Crippen molar-refractivity contribution in [3.05, 3.63) is 34.9 Å². The number of halogens is 1. The Morgan fingerprint density at radius 2 is 2.17 bits per heavy atom. The average Bonchev–Trinajstić information content (AvgIpc) is 3.01. The first-order chi connectivity index (χ1) is 13.6. The first kappa shape index (κ1) is 22.9. The summed E-state index contributed by atoms with van der Waals surface area (Å²) in [4.78, 5) is 14.5. The van der Waals surface area contributed by atoms with Gasteiger partial charge in [0.15, 0.2) is 5.96 Å². The van der Waals surface area contributed by atoms with E-state index in [-0.39, 0.29) is 18.4 Å². The number of benzene rings is 1. The minimum absolute atomic E-state index is 0.0695.